The van der Waals surface area contributed by atoms with Crippen LogP contribution in [0.4, 0.5) is 0 Å². The molecule has 0 spiro atoms. The first kappa shape index (κ1) is 25.1. The third kappa shape index (κ3) is 7.26. The summed E-state index contributed by atoms with van der Waals surface area (Å²) in [5.74, 6) is -0.841. The van der Waals surface area contributed by atoms with Crippen LogP contribution in [0.1, 0.15) is 26.3 Å². The largest absolute Gasteiger partial charge is 0.493 e. The van der Waals surface area contributed by atoms with Gasteiger partial charge in [0, 0.05) is 14.5 Å². The van der Waals surface area contributed by atoms with Crippen LogP contribution in [0.3, 0.4) is 0 Å². The monoisotopic (exact) mass is 587 g/mol. The summed E-state index contributed by atoms with van der Waals surface area (Å²) in [6.45, 7) is -0.240. The van der Waals surface area contributed by atoms with E-state index in [2.05, 4.69) is 47.7 Å². The van der Waals surface area contributed by atoms with Crippen molar-refractivity contribution in [1.82, 2.24) is 10.7 Å². The number of rotatable bonds is 8. The molecular weight excluding hydrogens is 570 g/mol. The van der Waals surface area contributed by atoms with Gasteiger partial charge in [-0.05, 0) is 60.2 Å². The molecule has 2 N–H and O–H groups in total. The van der Waals surface area contributed by atoms with Crippen LogP contribution >= 0.6 is 31.9 Å². The number of carbonyl (C=O) groups is 3. The number of amides is 2. The highest BCUT2D eigenvalue weighted by Gasteiger charge is 2.13. The Balaban J connectivity index is 1.54. The van der Waals surface area contributed by atoms with Crippen LogP contribution < -0.4 is 20.2 Å². The molecule has 3 aromatic carbocycles. The summed E-state index contributed by atoms with van der Waals surface area (Å²) in [7, 11) is 1.45. The van der Waals surface area contributed by atoms with Gasteiger partial charge in [0.05, 0.1) is 25.4 Å². The smallest absolute Gasteiger partial charge is 0.343 e. The third-order valence-corrected chi connectivity index (χ3v) is 5.34. The van der Waals surface area contributed by atoms with Crippen molar-refractivity contribution in [1.29, 1.82) is 0 Å². The summed E-state index contributed by atoms with van der Waals surface area (Å²) < 4.78 is 12.3. The molecule has 3 aromatic rings. The second kappa shape index (κ2) is 12.1. The molecule has 3 rings (SSSR count). The molecule has 0 heterocycles. The number of benzene rings is 3. The molecule has 0 aliphatic heterocycles. The number of ether oxygens (including phenoxy) is 2. The molecule has 0 aliphatic rings. The van der Waals surface area contributed by atoms with E-state index in [0.29, 0.717) is 22.4 Å². The molecule has 0 bridgehead atoms. The third-order valence-electron chi connectivity index (χ3n) is 4.35. The van der Waals surface area contributed by atoms with Gasteiger partial charge in [0.2, 0.25) is 0 Å². The Kier molecular flexibility index (Phi) is 8.94. The lowest BCUT2D eigenvalue weighted by molar-refractivity contribution is -0.120. The van der Waals surface area contributed by atoms with E-state index in [1.807, 2.05) is 0 Å². The van der Waals surface area contributed by atoms with E-state index >= 15 is 0 Å². The van der Waals surface area contributed by atoms with E-state index < -0.39 is 11.9 Å². The number of halogens is 2. The maximum atomic E-state index is 12.4. The number of hydrogen-bond donors (Lipinski definition) is 2. The molecule has 0 fully saturated rings. The first-order valence-corrected chi connectivity index (χ1v) is 11.5. The number of esters is 1. The van der Waals surface area contributed by atoms with Gasteiger partial charge in [-0.1, -0.05) is 44.0 Å². The summed E-state index contributed by atoms with van der Waals surface area (Å²) in [6, 6.07) is 18.5. The molecule has 0 saturated heterocycles. The van der Waals surface area contributed by atoms with Crippen molar-refractivity contribution in [2.75, 3.05) is 13.7 Å². The Bertz CT molecular complexity index is 1250. The Hall–Kier alpha value is -3.50. The van der Waals surface area contributed by atoms with Crippen molar-refractivity contribution in [3.05, 3.63) is 92.4 Å². The summed E-state index contributed by atoms with van der Waals surface area (Å²) >= 11 is 6.61. The Morgan fingerprint density at radius 2 is 1.59 bits per heavy atom. The highest BCUT2D eigenvalue weighted by atomic mass is 79.9. The summed E-state index contributed by atoms with van der Waals surface area (Å²) in [5, 5.41) is 6.40. The van der Waals surface area contributed by atoms with Crippen LogP contribution in [0.25, 0.3) is 0 Å². The van der Waals surface area contributed by atoms with Gasteiger partial charge in [0.1, 0.15) is 0 Å². The van der Waals surface area contributed by atoms with Gasteiger partial charge in [-0.15, -0.1) is 0 Å². The number of nitrogens with zero attached hydrogens (tertiary/aromatic N) is 1. The van der Waals surface area contributed by atoms with E-state index in [1.54, 1.807) is 66.7 Å². The lowest BCUT2D eigenvalue weighted by Gasteiger charge is -2.10. The van der Waals surface area contributed by atoms with Crippen molar-refractivity contribution in [2.24, 2.45) is 5.10 Å². The van der Waals surface area contributed by atoms with E-state index in [-0.39, 0.29) is 18.2 Å². The van der Waals surface area contributed by atoms with Gasteiger partial charge in [-0.3, -0.25) is 9.59 Å². The van der Waals surface area contributed by atoms with Crippen molar-refractivity contribution in [2.45, 2.75) is 0 Å². The van der Waals surface area contributed by atoms with E-state index in [4.69, 9.17) is 9.47 Å². The first-order valence-electron chi connectivity index (χ1n) is 9.87. The molecule has 2 amide bonds. The summed E-state index contributed by atoms with van der Waals surface area (Å²) in [5.41, 5.74) is 3.75. The van der Waals surface area contributed by atoms with Crippen molar-refractivity contribution in [3.63, 3.8) is 0 Å². The molecule has 0 aliphatic carbocycles. The van der Waals surface area contributed by atoms with Crippen LogP contribution in [-0.2, 0) is 4.79 Å². The molecule has 0 aromatic heterocycles. The molecule has 174 valence electrons. The maximum absolute atomic E-state index is 12.4. The van der Waals surface area contributed by atoms with Gasteiger partial charge >= 0.3 is 5.97 Å². The van der Waals surface area contributed by atoms with Gasteiger partial charge < -0.3 is 14.8 Å². The van der Waals surface area contributed by atoms with E-state index in [0.717, 1.165) is 8.95 Å². The van der Waals surface area contributed by atoms with Gasteiger partial charge in [0.15, 0.2) is 11.5 Å². The predicted octanol–water partition coefficient (Wildman–Crippen LogP) is 4.32. The SMILES string of the molecule is COc1cc(/C=N\NC(=O)CNC(=O)c2cccc(Br)c2)ccc1OC(=O)c1cccc(Br)c1. The van der Waals surface area contributed by atoms with E-state index in [9.17, 15) is 14.4 Å². The fourth-order valence-corrected chi connectivity index (χ4v) is 3.53. The minimum absolute atomic E-state index is 0.240. The Labute approximate surface area is 212 Å². The lowest BCUT2D eigenvalue weighted by Crippen LogP contribution is -2.34. The molecule has 0 atom stereocenters. The average molecular weight is 589 g/mol. The van der Waals surface area contributed by atoms with Crippen LogP contribution in [0.2, 0.25) is 0 Å². The lowest BCUT2D eigenvalue weighted by atomic mass is 10.2. The molecule has 0 saturated carbocycles. The minimum Gasteiger partial charge on any atom is -0.493 e. The molecule has 0 radical (unpaired) electrons. The van der Waals surface area contributed by atoms with Crippen LogP contribution in [0.5, 0.6) is 11.5 Å². The van der Waals surface area contributed by atoms with Crippen LogP contribution in [-0.4, -0.2) is 37.7 Å². The van der Waals surface area contributed by atoms with Gasteiger partial charge in [-0.25, -0.2) is 10.2 Å². The van der Waals surface area contributed by atoms with Crippen molar-refractivity contribution >= 4 is 55.9 Å². The number of hydrogen-bond acceptors (Lipinski definition) is 6. The fraction of sp³-hybridized carbons (Fsp3) is 0.0833. The van der Waals surface area contributed by atoms with Crippen molar-refractivity contribution in [3.8, 4) is 11.5 Å². The molecule has 8 nitrogen and oxygen atoms in total. The van der Waals surface area contributed by atoms with E-state index in [1.165, 1.54) is 13.3 Å². The zero-order chi connectivity index (χ0) is 24.5. The molecule has 10 heteroatoms. The maximum Gasteiger partial charge on any atom is 0.343 e. The predicted molar refractivity (Wildman–Crippen MR) is 134 cm³/mol. The molecule has 34 heavy (non-hydrogen) atoms. The minimum atomic E-state index is -0.529. The molecular formula is C24H19Br2N3O5. The fourth-order valence-electron chi connectivity index (χ4n) is 2.73. The van der Waals surface area contributed by atoms with Gasteiger partial charge in [-0.2, -0.15) is 5.10 Å². The van der Waals surface area contributed by atoms with Crippen molar-refractivity contribution < 1.29 is 23.9 Å². The average Bonchev–Trinajstić information content (AvgIpc) is 2.83. The zero-order valence-corrected chi connectivity index (χ0v) is 21.1. The normalized spacial score (nSPS) is 10.6. The second-order valence-electron chi connectivity index (χ2n) is 6.80. The number of nitrogens with one attached hydrogen (secondary N) is 2. The molecule has 0 unspecified atom stereocenters. The van der Waals surface area contributed by atoms with Gasteiger partial charge in [0.25, 0.3) is 11.8 Å². The number of carbonyl (C=O) groups excluding carboxylic acids is 3. The summed E-state index contributed by atoms with van der Waals surface area (Å²) in [4.78, 5) is 36.4. The summed E-state index contributed by atoms with van der Waals surface area (Å²) in [6.07, 6.45) is 1.40. The topological polar surface area (TPSA) is 106 Å². The zero-order valence-electron chi connectivity index (χ0n) is 17.9. The standard InChI is InChI=1S/C24H19Br2N3O5/c1-33-21-10-15(8-9-20(21)34-24(32)17-5-3-7-19(26)12-17)13-28-29-22(30)14-27-23(31)16-4-2-6-18(25)11-16/h2-13H,14H2,1H3,(H,27,31)(H,29,30)/b28-13-. The van der Waals surface area contributed by atoms with Crippen LogP contribution in [0.15, 0.2) is 80.8 Å². The highest BCUT2D eigenvalue weighted by Crippen LogP contribution is 2.28. The highest BCUT2D eigenvalue weighted by molar-refractivity contribution is 9.10. The van der Waals surface area contributed by atoms with Crippen LogP contribution in [0, 0.1) is 0 Å². The Morgan fingerprint density at radius 3 is 2.26 bits per heavy atom. The quantitative estimate of drug-likeness (QED) is 0.176. The second-order valence-corrected chi connectivity index (χ2v) is 8.63. The number of methoxy groups -OCH3 is 1. The Morgan fingerprint density at radius 1 is 0.912 bits per heavy atom. The number of hydrazone groups is 1. The first-order chi connectivity index (χ1) is 16.4.